The van der Waals surface area contributed by atoms with E-state index in [9.17, 15) is 17.6 Å². The number of amides is 1. The Kier molecular flexibility index (Phi) is 4.63. The van der Waals surface area contributed by atoms with Crippen LogP contribution >= 0.6 is 0 Å². The van der Waals surface area contributed by atoms with Crippen LogP contribution in [0.5, 0.6) is 0 Å². The maximum atomic E-state index is 13.7. The van der Waals surface area contributed by atoms with Crippen LogP contribution in [0.1, 0.15) is 20.3 Å². The fourth-order valence-electron chi connectivity index (χ4n) is 2.10. The van der Waals surface area contributed by atoms with Crippen LogP contribution in [0.4, 0.5) is 4.39 Å². The van der Waals surface area contributed by atoms with Gasteiger partial charge in [0.25, 0.3) is 0 Å². The van der Waals surface area contributed by atoms with Crippen molar-refractivity contribution in [3.8, 4) is 0 Å². The molecule has 7 heteroatoms. The summed E-state index contributed by atoms with van der Waals surface area (Å²) in [6, 6.07) is 4.24. The van der Waals surface area contributed by atoms with Gasteiger partial charge < -0.3 is 4.90 Å². The third-order valence-electron chi connectivity index (χ3n) is 3.51. The van der Waals surface area contributed by atoms with Crippen molar-refractivity contribution in [2.45, 2.75) is 31.2 Å². The number of rotatable bonds is 5. The molecule has 0 bridgehead atoms. The summed E-state index contributed by atoms with van der Waals surface area (Å²) in [6.45, 7) is 4.80. The quantitative estimate of drug-likeness (QED) is 0.892. The molecule has 1 fully saturated rings. The first kappa shape index (κ1) is 15.9. The standard InChI is InChI=1S/C14H19FN2O3S/c1-10(2)13(14(18)17-8-5-9-17)16-21(19,20)12-7-4-3-6-11(12)15/h3-4,6-7,10,13,16H,5,8-9H2,1-2H3/t13-/m0/s1. The summed E-state index contributed by atoms with van der Waals surface area (Å²) in [6.07, 6.45) is 0.927. The molecule has 1 aliphatic rings. The summed E-state index contributed by atoms with van der Waals surface area (Å²) in [4.78, 5) is 13.4. The van der Waals surface area contributed by atoms with Crippen LogP contribution in [0.3, 0.4) is 0 Å². The molecule has 1 aromatic carbocycles. The van der Waals surface area contributed by atoms with E-state index >= 15 is 0 Å². The lowest BCUT2D eigenvalue weighted by atomic mass is 10.0. The average Bonchev–Trinajstić information content (AvgIpc) is 2.33. The van der Waals surface area contributed by atoms with Crippen LogP contribution in [-0.4, -0.2) is 38.4 Å². The van der Waals surface area contributed by atoms with Gasteiger partial charge in [0.2, 0.25) is 15.9 Å². The Morgan fingerprint density at radius 1 is 1.29 bits per heavy atom. The van der Waals surface area contributed by atoms with Crippen LogP contribution in [-0.2, 0) is 14.8 Å². The summed E-state index contributed by atoms with van der Waals surface area (Å²) in [5, 5.41) is 0. The molecule has 0 spiro atoms. The third kappa shape index (κ3) is 3.41. The van der Waals surface area contributed by atoms with Crippen molar-refractivity contribution in [3.05, 3.63) is 30.1 Å². The molecule has 1 atom stereocenters. The molecule has 21 heavy (non-hydrogen) atoms. The summed E-state index contributed by atoms with van der Waals surface area (Å²) < 4.78 is 40.6. The molecule has 0 saturated carbocycles. The largest absolute Gasteiger partial charge is 0.341 e. The predicted molar refractivity (Wildman–Crippen MR) is 76.5 cm³/mol. The Morgan fingerprint density at radius 3 is 2.38 bits per heavy atom. The molecule has 0 aromatic heterocycles. The van der Waals surface area contributed by atoms with Gasteiger partial charge in [-0.25, -0.2) is 12.8 Å². The summed E-state index contributed by atoms with van der Waals surface area (Å²) in [5.41, 5.74) is 0. The number of nitrogens with zero attached hydrogens (tertiary/aromatic N) is 1. The number of hydrogen-bond donors (Lipinski definition) is 1. The van der Waals surface area contributed by atoms with Crippen molar-refractivity contribution < 1.29 is 17.6 Å². The number of benzene rings is 1. The zero-order valence-corrected chi connectivity index (χ0v) is 12.9. The second kappa shape index (κ2) is 6.11. The maximum absolute atomic E-state index is 13.7. The van der Waals surface area contributed by atoms with Gasteiger partial charge in [-0.1, -0.05) is 26.0 Å². The average molecular weight is 314 g/mol. The highest BCUT2D eigenvalue weighted by atomic mass is 32.2. The van der Waals surface area contributed by atoms with Crippen LogP contribution in [0, 0.1) is 11.7 Å². The van der Waals surface area contributed by atoms with Gasteiger partial charge >= 0.3 is 0 Å². The first-order chi connectivity index (χ1) is 9.83. The second-order valence-electron chi connectivity index (χ2n) is 5.45. The Morgan fingerprint density at radius 2 is 1.90 bits per heavy atom. The monoisotopic (exact) mass is 314 g/mol. The molecular weight excluding hydrogens is 295 g/mol. The number of carbonyl (C=O) groups is 1. The fraction of sp³-hybridized carbons (Fsp3) is 0.500. The number of halogens is 1. The summed E-state index contributed by atoms with van der Waals surface area (Å²) >= 11 is 0. The highest BCUT2D eigenvalue weighted by molar-refractivity contribution is 7.89. The van der Waals surface area contributed by atoms with Crippen LogP contribution in [0.2, 0.25) is 0 Å². The Balaban J connectivity index is 2.23. The SMILES string of the molecule is CC(C)[C@H](NS(=O)(=O)c1ccccc1F)C(=O)N1CCC1. The number of sulfonamides is 1. The molecule has 2 rings (SSSR count). The van der Waals surface area contributed by atoms with Crippen LogP contribution in [0.25, 0.3) is 0 Å². The smallest absolute Gasteiger partial charge is 0.244 e. The predicted octanol–water partition coefficient (Wildman–Crippen LogP) is 1.36. The van der Waals surface area contributed by atoms with E-state index in [1.54, 1.807) is 18.7 Å². The summed E-state index contributed by atoms with van der Waals surface area (Å²) in [5.74, 6) is -1.31. The molecule has 0 radical (unpaired) electrons. The van der Waals surface area contributed by atoms with Gasteiger partial charge in [-0.2, -0.15) is 4.72 Å². The molecule has 116 valence electrons. The van der Waals surface area contributed by atoms with Crippen molar-refractivity contribution in [2.75, 3.05) is 13.1 Å². The lowest BCUT2D eigenvalue weighted by Crippen LogP contribution is -2.54. The van der Waals surface area contributed by atoms with Gasteiger partial charge in [0.15, 0.2) is 0 Å². The van der Waals surface area contributed by atoms with Crippen molar-refractivity contribution in [1.29, 1.82) is 0 Å². The minimum Gasteiger partial charge on any atom is -0.341 e. The van der Waals surface area contributed by atoms with Gasteiger partial charge in [-0.05, 0) is 24.5 Å². The van der Waals surface area contributed by atoms with Crippen molar-refractivity contribution >= 4 is 15.9 Å². The Labute approximate surface area is 124 Å². The van der Waals surface area contributed by atoms with Crippen molar-refractivity contribution in [2.24, 2.45) is 5.92 Å². The maximum Gasteiger partial charge on any atom is 0.244 e. The number of nitrogens with one attached hydrogen (secondary N) is 1. The third-order valence-corrected chi connectivity index (χ3v) is 4.98. The van der Waals surface area contributed by atoms with E-state index in [1.807, 2.05) is 0 Å². The minimum absolute atomic E-state index is 0.223. The lowest BCUT2D eigenvalue weighted by Gasteiger charge is -2.35. The van der Waals surface area contributed by atoms with Crippen molar-refractivity contribution in [3.63, 3.8) is 0 Å². The van der Waals surface area contributed by atoms with Crippen molar-refractivity contribution in [1.82, 2.24) is 9.62 Å². The molecule has 1 N–H and O–H groups in total. The zero-order chi connectivity index (χ0) is 15.6. The van der Waals surface area contributed by atoms with E-state index in [1.165, 1.54) is 18.2 Å². The van der Waals surface area contributed by atoms with Gasteiger partial charge in [0, 0.05) is 13.1 Å². The van der Waals surface area contributed by atoms with Gasteiger partial charge in [-0.15, -0.1) is 0 Å². The lowest BCUT2D eigenvalue weighted by molar-refractivity contribution is -0.137. The zero-order valence-electron chi connectivity index (χ0n) is 12.0. The Hall–Kier alpha value is -1.47. The van der Waals surface area contributed by atoms with E-state index in [4.69, 9.17) is 0 Å². The number of likely N-dealkylation sites (tertiary alicyclic amines) is 1. The highest BCUT2D eigenvalue weighted by Gasteiger charge is 2.34. The number of carbonyl (C=O) groups excluding carboxylic acids is 1. The van der Waals surface area contributed by atoms with Gasteiger partial charge in [-0.3, -0.25) is 4.79 Å². The fourth-order valence-corrected chi connectivity index (χ4v) is 3.51. The molecule has 0 aliphatic carbocycles. The van der Waals surface area contributed by atoms with Crippen LogP contribution in [0.15, 0.2) is 29.2 Å². The van der Waals surface area contributed by atoms with Crippen LogP contribution < -0.4 is 4.72 Å². The second-order valence-corrected chi connectivity index (χ2v) is 7.13. The molecule has 1 amide bonds. The summed E-state index contributed by atoms with van der Waals surface area (Å²) in [7, 11) is -4.07. The first-order valence-electron chi connectivity index (χ1n) is 6.88. The molecule has 1 aromatic rings. The highest BCUT2D eigenvalue weighted by Crippen LogP contribution is 2.18. The molecule has 1 aliphatic heterocycles. The Bertz CT molecular complexity index is 627. The molecular formula is C14H19FN2O3S. The normalized spacial score (nSPS) is 16.7. The number of hydrogen-bond acceptors (Lipinski definition) is 3. The van der Waals surface area contributed by atoms with Gasteiger partial charge in [0.1, 0.15) is 16.8 Å². The molecule has 1 heterocycles. The minimum atomic E-state index is -4.07. The van der Waals surface area contributed by atoms with E-state index in [-0.39, 0.29) is 11.8 Å². The molecule has 1 saturated heterocycles. The van der Waals surface area contributed by atoms with E-state index in [0.29, 0.717) is 13.1 Å². The topological polar surface area (TPSA) is 66.5 Å². The van der Waals surface area contributed by atoms with E-state index < -0.39 is 26.8 Å². The molecule has 0 unspecified atom stereocenters. The van der Waals surface area contributed by atoms with E-state index in [0.717, 1.165) is 12.5 Å². The van der Waals surface area contributed by atoms with E-state index in [2.05, 4.69) is 4.72 Å². The van der Waals surface area contributed by atoms with Gasteiger partial charge in [0.05, 0.1) is 0 Å². The first-order valence-corrected chi connectivity index (χ1v) is 8.37. The molecule has 5 nitrogen and oxygen atoms in total.